The molecular formula is C14H21N5OS. The van der Waals surface area contributed by atoms with Crippen molar-refractivity contribution in [3.8, 4) is 0 Å². The molecule has 1 N–H and O–H groups in total. The van der Waals surface area contributed by atoms with E-state index < -0.39 is 0 Å². The van der Waals surface area contributed by atoms with Gasteiger partial charge in [-0.05, 0) is 25.7 Å². The molecular weight excluding hydrogens is 286 g/mol. The molecule has 2 heterocycles. The SMILES string of the molecule is O=C(CN1CCN(c2nc(C3CC3)ns2)CC1)NC1CC1. The van der Waals surface area contributed by atoms with Crippen LogP contribution < -0.4 is 10.2 Å². The summed E-state index contributed by atoms with van der Waals surface area (Å²) in [6, 6.07) is 0.459. The second-order valence-electron chi connectivity index (χ2n) is 6.31. The first-order valence-electron chi connectivity index (χ1n) is 7.88. The van der Waals surface area contributed by atoms with Crippen LogP contribution in [-0.2, 0) is 4.79 Å². The average Bonchev–Trinajstić information content (AvgIpc) is 3.41. The standard InChI is InChI=1S/C14H21N5OS/c20-12(15-11-3-4-11)9-18-5-7-19(8-6-18)14-16-13(17-21-14)10-1-2-10/h10-11H,1-9H2,(H,15,20). The first-order chi connectivity index (χ1) is 10.3. The van der Waals surface area contributed by atoms with Gasteiger partial charge in [-0.2, -0.15) is 4.37 Å². The molecule has 3 aliphatic rings. The zero-order chi connectivity index (χ0) is 14.2. The predicted molar refractivity (Wildman–Crippen MR) is 81.7 cm³/mol. The largest absolute Gasteiger partial charge is 0.352 e. The summed E-state index contributed by atoms with van der Waals surface area (Å²) < 4.78 is 4.47. The summed E-state index contributed by atoms with van der Waals surface area (Å²) in [7, 11) is 0. The van der Waals surface area contributed by atoms with Crippen LogP contribution in [0.3, 0.4) is 0 Å². The molecule has 0 unspecified atom stereocenters. The number of hydrogen-bond acceptors (Lipinski definition) is 6. The fourth-order valence-corrected chi connectivity index (χ4v) is 3.46. The maximum absolute atomic E-state index is 11.8. The molecule has 0 atom stereocenters. The zero-order valence-corrected chi connectivity index (χ0v) is 12.9. The van der Waals surface area contributed by atoms with Crippen molar-refractivity contribution in [1.29, 1.82) is 0 Å². The predicted octanol–water partition coefficient (Wildman–Crippen LogP) is 0.816. The number of nitrogens with one attached hydrogen (secondary N) is 1. The molecule has 114 valence electrons. The number of rotatable bonds is 5. The van der Waals surface area contributed by atoms with E-state index in [0.29, 0.717) is 18.5 Å². The van der Waals surface area contributed by atoms with Gasteiger partial charge in [0.05, 0.1) is 6.54 Å². The van der Waals surface area contributed by atoms with Crippen LogP contribution in [0.2, 0.25) is 0 Å². The fraction of sp³-hybridized carbons (Fsp3) is 0.786. The molecule has 0 aromatic carbocycles. The summed E-state index contributed by atoms with van der Waals surface area (Å²) in [5.41, 5.74) is 0. The highest BCUT2D eigenvalue weighted by molar-refractivity contribution is 7.09. The molecule has 1 aromatic heterocycles. The summed E-state index contributed by atoms with van der Waals surface area (Å²) in [4.78, 5) is 21.0. The van der Waals surface area contributed by atoms with E-state index >= 15 is 0 Å². The van der Waals surface area contributed by atoms with Gasteiger partial charge in [0, 0.05) is 49.7 Å². The number of anilines is 1. The van der Waals surface area contributed by atoms with Gasteiger partial charge in [0.2, 0.25) is 11.0 Å². The smallest absolute Gasteiger partial charge is 0.234 e. The molecule has 2 saturated carbocycles. The number of carbonyl (C=O) groups is 1. The van der Waals surface area contributed by atoms with Gasteiger partial charge in [0.25, 0.3) is 0 Å². The van der Waals surface area contributed by atoms with Gasteiger partial charge in [0.15, 0.2) is 0 Å². The maximum Gasteiger partial charge on any atom is 0.234 e. The Morgan fingerprint density at radius 3 is 2.62 bits per heavy atom. The molecule has 0 bridgehead atoms. The number of carbonyl (C=O) groups excluding carboxylic acids is 1. The Morgan fingerprint density at radius 1 is 1.19 bits per heavy atom. The Kier molecular flexibility index (Phi) is 3.54. The molecule has 1 aliphatic heterocycles. The highest BCUT2D eigenvalue weighted by atomic mass is 32.1. The van der Waals surface area contributed by atoms with Gasteiger partial charge in [-0.15, -0.1) is 0 Å². The quantitative estimate of drug-likeness (QED) is 0.872. The summed E-state index contributed by atoms with van der Waals surface area (Å²) in [5, 5.41) is 4.11. The molecule has 3 fully saturated rings. The molecule has 1 amide bonds. The van der Waals surface area contributed by atoms with Crippen LogP contribution in [0, 0.1) is 0 Å². The van der Waals surface area contributed by atoms with Crippen molar-refractivity contribution in [1.82, 2.24) is 19.6 Å². The van der Waals surface area contributed by atoms with Crippen LogP contribution in [0.25, 0.3) is 0 Å². The van der Waals surface area contributed by atoms with Crippen molar-refractivity contribution in [3.63, 3.8) is 0 Å². The lowest BCUT2D eigenvalue weighted by atomic mass is 10.3. The highest BCUT2D eigenvalue weighted by Crippen LogP contribution is 2.39. The number of nitrogens with zero attached hydrogens (tertiary/aromatic N) is 4. The minimum Gasteiger partial charge on any atom is -0.352 e. The summed E-state index contributed by atoms with van der Waals surface area (Å²) in [5.74, 6) is 1.85. The summed E-state index contributed by atoms with van der Waals surface area (Å²) in [6.45, 7) is 4.27. The van der Waals surface area contributed by atoms with Gasteiger partial charge in [-0.3, -0.25) is 9.69 Å². The second kappa shape index (κ2) is 5.53. The van der Waals surface area contributed by atoms with Crippen LogP contribution in [0.1, 0.15) is 37.4 Å². The van der Waals surface area contributed by atoms with E-state index in [1.165, 1.54) is 24.4 Å². The topological polar surface area (TPSA) is 61.4 Å². The van der Waals surface area contributed by atoms with Crippen LogP contribution in [0.5, 0.6) is 0 Å². The zero-order valence-electron chi connectivity index (χ0n) is 12.1. The van der Waals surface area contributed by atoms with E-state index in [2.05, 4.69) is 24.5 Å². The number of aromatic nitrogens is 2. The fourth-order valence-electron chi connectivity index (χ4n) is 2.66. The van der Waals surface area contributed by atoms with Crippen LogP contribution >= 0.6 is 11.5 Å². The molecule has 0 radical (unpaired) electrons. The first-order valence-corrected chi connectivity index (χ1v) is 8.65. The number of hydrogen-bond donors (Lipinski definition) is 1. The monoisotopic (exact) mass is 307 g/mol. The minimum absolute atomic E-state index is 0.179. The van der Waals surface area contributed by atoms with Crippen LogP contribution in [0.15, 0.2) is 0 Å². The van der Waals surface area contributed by atoms with Crippen molar-refractivity contribution >= 4 is 22.6 Å². The lowest BCUT2D eigenvalue weighted by Gasteiger charge is -2.33. The third-order valence-electron chi connectivity index (χ3n) is 4.33. The normalized spacial score (nSPS) is 23.3. The lowest BCUT2D eigenvalue weighted by molar-refractivity contribution is -0.122. The molecule has 1 aromatic rings. The minimum atomic E-state index is 0.179. The third-order valence-corrected chi connectivity index (χ3v) is 5.12. The van der Waals surface area contributed by atoms with Crippen molar-refractivity contribution in [3.05, 3.63) is 5.82 Å². The second-order valence-corrected chi connectivity index (χ2v) is 7.04. The number of amides is 1. The van der Waals surface area contributed by atoms with E-state index in [-0.39, 0.29) is 5.91 Å². The lowest BCUT2D eigenvalue weighted by Crippen LogP contribution is -2.49. The molecule has 4 rings (SSSR count). The van der Waals surface area contributed by atoms with Gasteiger partial charge in [-0.1, -0.05) is 0 Å². The summed E-state index contributed by atoms with van der Waals surface area (Å²) in [6.07, 6.45) is 4.81. The number of piperazine rings is 1. The van der Waals surface area contributed by atoms with Crippen LogP contribution in [-0.4, -0.2) is 58.9 Å². The van der Waals surface area contributed by atoms with Crippen molar-refractivity contribution in [2.45, 2.75) is 37.6 Å². The highest BCUT2D eigenvalue weighted by Gasteiger charge is 2.29. The van der Waals surface area contributed by atoms with Crippen molar-refractivity contribution < 1.29 is 4.79 Å². The molecule has 6 nitrogen and oxygen atoms in total. The van der Waals surface area contributed by atoms with Crippen molar-refractivity contribution in [2.24, 2.45) is 0 Å². The molecule has 2 aliphatic carbocycles. The Bertz CT molecular complexity index is 517. The maximum atomic E-state index is 11.8. The van der Waals surface area contributed by atoms with E-state index in [4.69, 9.17) is 0 Å². The Balaban J connectivity index is 1.26. The Hall–Kier alpha value is -1.21. The van der Waals surface area contributed by atoms with Crippen molar-refractivity contribution in [2.75, 3.05) is 37.6 Å². The van der Waals surface area contributed by atoms with E-state index in [1.54, 1.807) is 0 Å². The van der Waals surface area contributed by atoms with E-state index in [9.17, 15) is 4.79 Å². The van der Waals surface area contributed by atoms with Gasteiger partial charge in [0.1, 0.15) is 5.82 Å². The average molecular weight is 307 g/mol. The van der Waals surface area contributed by atoms with E-state index in [1.807, 2.05) is 0 Å². The summed E-state index contributed by atoms with van der Waals surface area (Å²) >= 11 is 1.52. The molecule has 1 saturated heterocycles. The first kappa shape index (κ1) is 13.5. The van der Waals surface area contributed by atoms with Crippen LogP contribution in [0.4, 0.5) is 5.13 Å². The molecule has 7 heteroatoms. The molecule has 0 spiro atoms. The van der Waals surface area contributed by atoms with Gasteiger partial charge in [-0.25, -0.2) is 4.98 Å². The van der Waals surface area contributed by atoms with Gasteiger partial charge < -0.3 is 10.2 Å². The molecule has 21 heavy (non-hydrogen) atoms. The Morgan fingerprint density at radius 2 is 1.95 bits per heavy atom. The Labute approximate surface area is 128 Å². The van der Waals surface area contributed by atoms with E-state index in [0.717, 1.165) is 50.0 Å². The third kappa shape index (κ3) is 3.35. The van der Waals surface area contributed by atoms with Gasteiger partial charge >= 0.3 is 0 Å².